The molecule has 0 unspecified atom stereocenters. The Hall–Kier alpha value is -2.16. The van der Waals surface area contributed by atoms with Crippen LogP contribution in [0.2, 0.25) is 0 Å². The number of nitro benzene ring substituents is 1. The van der Waals surface area contributed by atoms with E-state index in [9.17, 15) is 14.9 Å². The zero-order chi connectivity index (χ0) is 19.6. The lowest BCUT2D eigenvalue weighted by molar-refractivity contribution is -0.384. The van der Waals surface area contributed by atoms with Crippen LogP contribution in [0.15, 0.2) is 36.4 Å². The maximum atomic E-state index is 12.6. The fourth-order valence-electron chi connectivity index (χ4n) is 3.29. The first kappa shape index (κ1) is 19.6. The topological polar surface area (TPSA) is 75.5 Å². The summed E-state index contributed by atoms with van der Waals surface area (Å²) >= 11 is 2.21. The molecule has 0 aromatic heterocycles. The highest BCUT2D eigenvalue weighted by atomic mass is 127. The predicted molar refractivity (Wildman–Crippen MR) is 116 cm³/mol. The zero-order valence-electron chi connectivity index (χ0n) is 15.4. The number of anilines is 2. The number of halogens is 1. The van der Waals surface area contributed by atoms with Gasteiger partial charge in [-0.15, -0.1) is 0 Å². The quantitative estimate of drug-likeness (QED) is 0.381. The Balaban J connectivity index is 1.85. The number of rotatable bonds is 4. The van der Waals surface area contributed by atoms with Crippen LogP contribution in [0.25, 0.3) is 0 Å². The lowest BCUT2D eigenvalue weighted by Gasteiger charge is -2.31. The lowest BCUT2D eigenvalue weighted by Crippen LogP contribution is -2.33. The number of aryl methyl sites for hydroxylation is 1. The maximum absolute atomic E-state index is 12.6. The molecule has 0 atom stereocenters. The fraction of sp³-hybridized carbons (Fsp3) is 0.350. The third-order valence-electron chi connectivity index (χ3n) is 5.00. The van der Waals surface area contributed by atoms with Crippen LogP contribution >= 0.6 is 22.6 Å². The normalized spacial score (nSPS) is 14.9. The molecule has 7 heteroatoms. The van der Waals surface area contributed by atoms with Gasteiger partial charge >= 0.3 is 0 Å². The van der Waals surface area contributed by atoms with Crippen LogP contribution in [-0.2, 0) is 0 Å². The van der Waals surface area contributed by atoms with Gasteiger partial charge in [-0.25, -0.2) is 0 Å². The number of hydrogen-bond acceptors (Lipinski definition) is 4. The Morgan fingerprint density at radius 1 is 1.22 bits per heavy atom. The van der Waals surface area contributed by atoms with E-state index in [2.05, 4.69) is 34.8 Å². The summed E-state index contributed by atoms with van der Waals surface area (Å²) in [5.41, 5.74) is 2.51. The summed E-state index contributed by atoms with van der Waals surface area (Å²) in [6, 6.07) is 10.5. The molecule has 3 rings (SSSR count). The van der Waals surface area contributed by atoms with E-state index >= 15 is 0 Å². The van der Waals surface area contributed by atoms with Crippen molar-refractivity contribution < 1.29 is 9.72 Å². The first-order valence-electron chi connectivity index (χ1n) is 8.96. The standard InChI is InChI=1S/C20H22IN3O3/c1-13-7-9-23(10-8-13)18-6-3-15(12-19(18)24(26)27)20(25)22-17-5-4-16(21)11-14(17)2/h3-6,11-13H,7-10H2,1-2H3,(H,22,25). The summed E-state index contributed by atoms with van der Waals surface area (Å²) in [5.74, 6) is 0.295. The molecule has 0 saturated carbocycles. The molecule has 0 spiro atoms. The van der Waals surface area contributed by atoms with Crippen LogP contribution in [0.1, 0.15) is 35.7 Å². The average Bonchev–Trinajstić information content (AvgIpc) is 2.64. The molecule has 1 aliphatic heterocycles. The molecule has 0 aliphatic carbocycles. The number of hydrogen-bond donors (Lipinski definition) is 1. The minimum atomic E-state index is -0.403. The van der Waals surface area contributed by atoms with Gasteiger partial charge in [-0.2, -0.15) is 0 Å². The Bertz CT molecular complexity index is 877. The Labute approximate surface area is 172 Å². The molecule has 27 heavy (non-hydrogen) atoms. The average molecular weight is 479 g/mol. The predicted octanol–water partition coefficient (Wildman–Crippen LogP) is 5.00. The second kappa shape index (κ2) is 8.24. The van der Waals surface area contributed by atoms with E-state index in [0.29, 0.717) is 17.3 Å². The molecule has 1 amide bonds. The third-order valence-corrected chi connectivity index (χ3v) is 5.67. The fourth-order valence-corrected chi connectivity index (χ4v) is 3.94. The van der Waals surface area contributed by atoms with Crippen molar-refractivity contribution in [3.05, 3.63) is 61.2 Å². The monoisotopic (exact) mass is 479 g/mol. The summed E-state index contributed by atoms with van der Waals surface area (Å²) in [6.07, 6.45) is 2.04. The van der Waals surface area contributed by atoms with Crippen LogP contribution in [0.3, 0.4) is 0 Å². The number of amides is 1. The molecular formula is C20H22IN3O3. The van der Waals surface area contributed by atoms with Gasteiger partial charge in [0.15, 0.2) is 0 Å². The van der Waals surface area contributed by atoms with Crippen molar-refractivity contribution in [1.29, 1.82) is 0 Å². The van der Waals surface area contributed by atoms with Crippen molar-refractivity contribution in [1.82, 2.24) is 0 Å². The van der Waals surface area contributed by atoms with Crippen molar-refractivity contribution in [3.63, 3.8) is 0 Å². The summed E-state index contributed by atoms with van der Waals surface area (Å²) in [4.78, 5) is 25.8. The number of benzene rings is 2. The number of carbonyl (C=O) groups excluding carboxylic acids is 1. The van der Waals surface area contributed by atoms with E-state index in [0.717, 1.165) is 35.1 Å². The highest BCUT2D eigenvalue weighted by molar-refractivity contribution is 14.1. The van der Waals surface area contributed by atoms with Gasteiger partial charge in [-0.05, 0) is 84.2 Å². The van der Waals surface area contributed by atoms with Crippen LogP contribution < -0.4 is 10.2 Å². The molecule has 6 nitrogen and oxygen atoms in total. The van der Waals surface area contributed by atoms with Crippen molar-refractivity contribution in [3.8, 4) is 0 Å². The van der Waals surface area contributed by atoms with Gasteiger partial charge in [0.05, 0.1) is 4.92 Å². The summed E-state index contributed by atoms with van der Waals surface area (Å²) in [7, 11) is 0. The Morgan fingerprint density at radius 3 is 2.56 bits per heavy atom. The van der Waals surface area contributed by atoms with Gasteiger partial charge in [-0.1, -0.05) is 6.92 Å². The summed E-state index contributed by atoms with van der Waals surface area (Å²) < 4.78 is 1.08. The third kappa shape index (κ3) is 4.58. The molecule has 1 aliphatic rings. The largest absolute Gasteiger partial charge is 0.366 e. The van der Waals surface area contributed by atoms with Gasteiger partial charge in [-0.3, -0.25) is 14.9 Å². The highest BCUT2D eigenvalue weighted by Gasteiger charge is 2.24. The smallest absolute Gasteiger partial charge is 0.293 e. The molecule has 142 valence electrons. The van der Waals surface area contributed by atoms with E-state index in [1.165, 1.54) is 6.07 Å². The second-order valence-corrected chi connectivity index (χ2v) is 8.29. The van der Waals surface area contributed by atoms with E-state index in [4.69, 9.17) is 0 Å². The maximum Gasteiger partial charge on any atom is 0.293 e. The SMILES string of the molecule is Cc1cc(I)ccc1NC(=O)c1ccc(N2CCC(C)CC2)c([N+](=O)[O-])c1. The van der Waals surface area contributed by atoms with Gasteiger partial charge < -0.3 is 10.2 Å². The second-order valence-electron chi connectivity index (χ2n) is 7.04. The Morgan fingerprint density at radius 2 is 1.93 bits per heavy atom. The first-order valence-corrected chi connectivity index (χ1v) is 10.0. The first-order chi connectivity index (χ1) is 12.8. The lowest BCUT2D eigenvalue weighted by atomic mass is 9.98. The van der Waals surface area contributed by atoms with Gasteiger partial charge in [0, 0.05) is 34.0 Å². The van der Waals surface area contributed by atoms with E-state index < -0.39 is 4.92 Å². The summed E-state index contributed by atoms with van der Waals surface area (Å²) in [6.45, 7) is 5.72. The Kier molecular flexibility index (Phi) is 5.98. The number of nitro groups is 1. The molecular weight excluding hydrogens is 457 g/mol. The van der Waals surface area contributed by atoms with Crippen molar-refractivity contribution in [2.75, 3.05) is 23.3 Å². The molecule has 1 fully saturated rings. The van der Waals surface area contributed by atoms with Crippen LogP contribution in [0.4, 0.5) is 17.1 Å². The minimum Gasteiger partial charge on any atom is -0.366 e. The van der Waals surface area contributed by atoms with Gasteiger partial charge in [0.2, 0.25) is 0 Å². The molecule has 2 aromatic carbocycles. The van der Waals surface area contributed by atoms with E-state index in [-0.39, 0.29) is 17.2 Å². The summed E-state index contributed by atoms with van der Waals surface area (Å²) in [5, 5.41) is 14.4. The number of nitrogens with one attached hydrogen (secondary N) is 1. The van der Waals surface area contributed by atoms with Crippen LogP contribution in [-0.4, -0.2) is 23.9 Å². The highest BCUT2D eigenvalue weighted by Crippen LogP contribution is 2.32. The number of piperidine rings is 1. The minimum absolute atomic E-state index is 0.0171. The molecule has 2 aromatic rings. The molecule has 0 radical (unpaired) electrons. The molecule has 1 heterocycles. The van der Waals surface area contributed by atoms with Crippen molar-refractivity contribution in [2.45, 2.75) is 26.7 Å². The van der Waals surface area contributed by atoms with Gasteiger partial charge in [0.1, 0.15) is 5.69 Å². The molecule has 1 N–H and O–H groups in total. The van der Waals surface area contributed by atoms with E-state index in [1.54, 1.807) is 12.1 Å². The van der Waals surface area contributed by atoms with Crippen molar-refractivity contribution in [2.24, 2.45) is 5.92 Å². The molecule has 1 saturated heterocycles. The zero-order valence-corrected chi connectivity index (χ0v) is 17.5. The van der Waals surface area contributed by atoms with Crippen LogP contribution in [0.5, 0.6) is 0 Å². The number of carbonyl (C=O) groups is 1. The molecule has 0 bridgehead atoms. The van der Waals surface area contributed by atoms with Crippen molar-refractivity contribution >= 4 is 45.6 Å². The van der Waals surface area contributed by atoms with Crippen LogP contribution in [0, 0.1) is 26.5 Å². The number of nitrogens with zero attached hydrogens (tertiary/aromatic N) is 2. The van der Waals surface area contributed by atoms with Gasteiger partial charge in [0.25, 0.3) is 11.6 Å². The van der Waals surface area contributed by atoms with E-state index in [1.807, 2.05) is 30.0 Å².